The Morgan fingerprint density at radius 3 is 2.66 bits per heavy atom. The quantitative estimate of drug-likeness (QED) is 0.194. The van der Waals surface area contributed by atoms with Crippen molar-refractivity contribution in [1.29, 1.82) is 0 Å². The highest BCUT2D eigenvalue weighted by Gasteiger charge is 2.21. The van der Waals surface area contributed by atoms with Crippen LogP contribution >= 0.6 is 24.0 Å². The summed E-state index contributed by atoms with van der Waals surface area (Å²) < 4.78 is 16.6. The van der Waals surface area contributed by atoms with Gasteiger partial charge < -0.3 is 29.3 Å². The Labute approximate surface area is 209 Å². The number of carbonyl (C=O) groups excluding carboxylic acids is 1. The third-order valence-corrected chi connectivity index (χ3v) is 5.09. The largest absolute Gasteiger partial charge is 0.484 e. The van der Waals surface area contributed by atoms with Gasteiger partial charge in [0, 0.05) is 54.1 Å². The van der Waals surface area contributed by atoms with Gasteiger partial charge in [-0.1, -0.05) is 12.1 Å². The minimum Gasteiger partial charge on any atom is -0.484 e. The molecule has 1 saturated heterocycles. The highest BCUT2D eigenvalue weighted by atomic mass is 127. The number of hydrogen-bond donors (Lipinski definition) is 1. The van der Waals surface area contributed by atoms with Crippen LogP contribution in [0.3, 0.4) is 0 Å². The van der Waals surface area contributed by atoms with Crippen molar-refractivity contribution in [2.45, 2.75) is 38.8 Å². The van der Waals surface area contributed by atoms with Crippen LogP contribution in [0.25, 0.3) is 0 Å². The van der Waals surface area contributed by atoms with Crippen molar-refractivity contribution >= 4 is 35.8 Å². The first-order valence-electron chi connectivity index (χ1n) is 11.1. The van der Waals surface area contributed by atoms with Crippen molar-refractivity contribution in [3.8, 4) is 5.75 Å². The summed E-state index contributed by atoms with van der Waals surface area (Å²) in [5, 5.41) is 3.40. The number of likely N-dealkylation sites (N-methyl/N-ethyl adjacent to an activating group) is 1. The lowest BCUT2D eigenvalue weighted by Crippen LogP contribution is -2.47. The first kappa shape index (κ1) is 28.4. The second kappa shape index (κ2) is 16.1. The molecule has 0 aliphatic carbocycles. The minimum atomic E-state index is -0.0658. The van der Waals surface area contributed by atoms with Crippen LogP contribution in [0.5, 0.6) is 5.75 Å². The van der Waals surface area contributed by atoms with Crippen LogP contribution in [0.15, 0.2) is 29.3 Å². The molecule has 1 aromatic rings. The van der Waals surface area contributed by atoms with Gasteiger partial charge in [-0.25, -0.2) is 4.99 Å². The molecule has 9 heteroatoms. The predicted molar refractivity (Wildman–Crippen MR) is 138 cm³/mol. The van der Waals surface area contributed by atoms with E-state index in [2.05, 4.69) is 17.1 Å². The van der Waals surface area contributed by atoms with Crippen LogP contribution in [-0.4, -0.2) is 88.4 Å². The molecule has 1 aliphatic heterocycles. The maximum atomic E-state index is 11.7. The molecule has 1 aromatic carbocycles. The molecule has 32 heavy (non-hydrogen) atoms. The van der Waals surface area contributed by atoms with Crippen molar-refractivity contribution in [2.24, 2.45) is 4.99 Å². The number of benzene rings is 1. The smallest absolute Gasteiger partial charge is 0.259 e. The fourth-order valence-electron chi connectivity index (χ4n) is 3.29. The van der Waals surface area contributed by atoms with Crippen LogP contribution in [-0.2, 0) is 20.8 Å². The van der Waals surface area contributed by atoms with E-state index in [4.69, 9.17) is 19.2 Å². The lowest BCUT2D eigenvalue weighted by Gasteiger charge is -2.34. The van der Waals surface area contributed by atoms with Gasteiger partial charge in [0.25, 0.3) is 5.91 Å². The number of rotatable bonds is 11. The van der Waals surface area contributed by atoms with Gasteiger partial charge in [-0.05, 0) is 43.9 Å². The summed E-state index contributed by atoms with van der Waals surface area (Å²) in [5.74, 6) is 1.54. The Morgan fingerprint density at radius 1 is 1.25 bits per heavy atom. The van der Waals surface area contributed by atoms with Gasteiger partial charge >= 0.3 is 0 Å². The van der Waals surface area contributed by atoms with E-state index in [0.717, 1.165) is 63.6 Å². The maximum absolute atomic E-state index is 11.7. The number of nitrogens with zero attached hydrogens (tertiary/aromatic N) is 3. The van der Waals surface area contributed by atoms with E-state index in [0.29, 0.717) is 18.4 Å². The number of methoxy groups -OCH3 is 1. The summed E-state index contributed by atoms with van der Waals surface area (Å²) in [6.07, 6.45) is 3.25. The number of ether oxygens (including phenoxy) is 3. The summed E-state index contributed by atoms with van der Waals surface area (Å²) in [6, 6.07) is 7.75. The van der Waals surface area contributed by atoms with Gasteiger partial charge in [0.15, 0.2) is 12.6 Å². The summed E-state index contributed by atoms with van der Waals surface area (Å²) in [7, 11) is 5.15. The van der Waals surface area contributed by atoms with Gasteiger partial charge in [-0.3, -0.25) is 4.79 Å². The molecule has 0 aromatic heterocycles. The number of piperidine rings is 1. The second-order valence-corrected chi connectivity index (χ2v) is 7.80. The van der Waals surface area contributed by atoms with E-state index in [1.54, 1.807) is 21.2 Å². The summed E-state index contributed by atoms with van der Waals surface area (Å²) in [4.78, 5) is 20.4. The van der Waals surface area contributed by atoms with Crippen molar-refractivity contribution < 1.29 is 19.0 Å². The number of hydrogen-bond acceptors (Lipinski definition) is 5. The molecule has 1 amide bonds. The minimum absolute atomic E-state index is 0. The monoisotopic (exact) mass is 562 g/mol. The number of aliphatic imine (C=N–C) groups is 1. The van der Waals surface area contributed by atoms with E-state index < -0.39 is 0 Å². The van der Waals surface area contributed by atoms with Crippen molar-refractivity contribution in [3.63, 3.8) is 0 Å². The van der Waals surface area contributed by atoms with Gasteiger partial charge in [0.05, 0.1) is 12.6 Å². The maximum Gasteiger partial charge on any atom is 0.259 e. The molecule has 8 nitrogen and oxygen atoms in total. The molecular weight excluding hydrogens is 523 g/mol. The molecule has 1 aliphatic rings. The van der Waals surface area contributed by atoms with E-state index in [-0.39, 0.29) is 36.5 Å². The van der Waals surface area contributed by atoms with E-state index in [1.807, 2.05) is 24.3 Å². The number of guanidine groups is 1. The molecule has 0 atom stereocenters. The van der Waals surface area contributed by atoms with Gasteiger partial charge in [0.2, 0.25) is 0 Å². The first-order chi connectivity index (χ1) is 15.0. The first-order valence-corrected chi connectivity index (χ1v) is 11.1. The summed E-state index contributed by atoms with van der Waals surface area (Å²) >= 11 is 0. The van der Waals surface area contributed by atoms with Gasteiger partial charge in [-0.2, -0.15) is 0 Å². The molecule has 2 rings (SSSR count). The number of carbonyl (C=O) groups is 1. The van der Waals surface area contributed by atoms with Crippen molar-refractivity contribution in [1.82, 2.24) is 15.1 Å². The Balaban J connectivity index is 0.00000512. The van der Waals surface area contributed by atoms with E-state index >= 15 is 0 Å². The normalized spacial score (nSPS) is 14.6. The fraction of sp³-hybridized carbons (Fsp3) is 0.652. The van der Waals surface area contributed by atoms with Crippen molar-refractivity contribution in [3.05, 3.63) is 29.8 Å². The third-order valence-electron chi connectivity index (χ3n) is 5.09. The molecule has 1 N–H and O–H groups in total. The Morgan fingerprint density at radius 2 is 2.00 bits per heavy atom. The zero-order valence-electron chi connectivity index (χ0n) is 19.8. The van der Waals surface area contributed by atoms with Gasteiger partial charge in [0.1, 0.15) is 5.75 Å². The van der Waals surface area contributed by atoms with Gasteiger partial charge in [-0.15, -0.1) is 24.0 Å². The average Bonchev–Trinajstić information content (AvgIpc) is 2.78. The highest BCUT2D eigenvalue weighted by Crippen LogP contribution is 2.16. The van der Waals surface area contributed by atoms with Crippen molar-refractivity contribution in [2.75, 3.05) is 60.7 Å². The summed E-state index contributed by atoms with van der Waals surface area (Å²) in [5.41, 5.74) is 1.04. The zero-order valence-corrected chi connectivity index (χ0v) is 22.2. The SMILES string of the molecule is CCNC(=NCc1cccc(OCC(=O)N(C)C)c1)N1CCC(OCCCOC)CC1.I. The number of amides is 1. The molecule has 0 bridgehead atoms. The van der Waals surface area contributed by atoms with Crippen LogP contribution in [0.2, 0.25) is 0 Å². The van der Waals surface area contributed by atoms with E-state index in [1.165, 1.54) is 4.90 Å². The lowest BCUT2D eigenvalue weighted by atomic mass is 10.1. The van der Waals surface area contributed by atoms with Crippen LogP contribution in [0.4, 0.5) is 0 Å². The standard InChI is InChI=1S/C23H38N4O4.HI/c1-5-24-23(27-12-10-20(11-13-27)30-15-7-14-29-4)25-17-19-8-6-9-21(16-19)31-18-22(28)26(2)3;/h6,8-9,16,20H,5,7,10-15,17-18H2,1-4H3,(H,24,25);1H. The van der Waals surface area contributed by atoms with Crippen LogP contribution in [0.1, 0.15) is 31.7 Å². The molecule has 182 valence electrons. The molecular formula is C23H39IN4O4. The number of nitrogens with one attached hydrogen (secondary N) is 1. The molecule has 0 unspecified atom stereocenters. The van der Waals surface area contributed by atoms with Crippen LogP contribution in [0, 0.1) is 0 Å². The number of halogens is 1. The lowest BCUT2D eigenvalue weighted by molar-refractivity contribution is -0.130. The molecule has 0 radical (unpaired) electrons. The molecule has 1 fully saturated rings. The Bertz CT molecular complexity index is 694. The fourth-order valence-corrected chi connectivity index (χ4v) is 3.29. The predicted octanol–water partition coefficient (Wildman–Crippen LogP) is 2.75. The number of likely N-dealkylation sites (tertiary alicyclic amines) is 1. The topological polar surface area (TPSA) is 75.6 Å². The third kappa shape index (κ3) is 10.4. The molecule has 0 saturated carbocycles. The highest BCUT2D eigenvalue weighted by molar-refractivity contribution is 14.0. The molecule has 1 heterocycles. The Kier molecular flexibility index (Phi) is 14.3. The average molecular weight is 562 g/mol. The second-order valence-electron chi connectivity index (χ2n) is 7.80. The molecule has 0 spiro atoms. The Hall–Kier alpha value is -1.59. The summed E-state index contributed by atoms with van der Waals surface area (Å²) in [6.45, 7) is 6.84. The van der Waals surface area contributed by atoms with E-state index in [9.17, 15) is 4.79 Å². The zero-order chi connectivity index (χ0) is 22.5. The van der Waals surface area contributed by atoms with Crippen LogP contribution < -0.4 is 10.1 Å².